The van der Waals surface area contributed by atoms with Gasteiger partial charge in [0, 0.05) is 38.3 Å². The lowest BCUT2D eigenvalue weighted by atomic mass is 10.0. The number of nitrogens with zero attached hydrogens (tertiary/aromatic N) is 5. The second kappa shape index (κ2) is 7.01. The van der Waals surface area contributed by atoms with Crippen LogP contribution in [0.3, 0.4) is 0 Å². The Morgan fingerprint density at radius 2 is 2.08 bits per heavy atom. The molecular weight excluding hydrogens is 338 g/mol. The highest BCUT2D eigenvalue weighted by Gasteiger charge is 2.25. The number of fused-ring (bicyclic) bond motifs is 1. The molecule has 0 N–H and O–H groups in total. The van der Waals surface area contributed by atoms with Crippen molar-refractivity contribution < 1.29 is 8.42 Å². The van der Waals surface area contributed by atoms with Crippen LogP contribution < -0.4 is 0 Å². The van der Waals surface area contributed by atoms with Gasteiger partial charge in [-0.05, 0) is 45.8 Å². The molecule has 7 nitrogen and oxygen atoms in total. The average Bonchev–Trinajstić information content (AvgIpc) is 2.87. The van der Waals surface area contributed by atoms with Crippen LogP contribution in [0.5, 0.6) is 0 Å². The second-order valence-corrected chi connectivity index (χ2v) is 9.04. The van der Waals surface area contributed by atoms with Gasteiger partial charge in [-0.3, -0.25) is 4.68 Å². The SMILES string of the molecule is Cc1nn(C)c2ncc(S(=O)(=O)N(C)CC[C@@H]3CCCCN3C)cc12. The van der Waals surface area contributed by atoms with Crippen LogP contribution >= 0.6 is 0 Å². The summed E-state index contributed by atoms with van der Waals surface area (Å²) in [6.07, 6.45) is 5.90. The van der Waals surface area contributed by atoms with Crippen molar-refractivity contribution in [3.63, 3.8) is 0 Å². The van der Waals surface area contributed by atoms with Gasteiger partial charge in [-0.1, -0.05) is 6.42 Å². The van der Waals surface area contributed by atoms with E-state index in [1.54, 1.807) is 17.8 Å². The normalized spacial score (nSPS) is 19.8. The van der Waals surface area contributed by atoms with Crippen LogP contribution in [0.25, 0.3) is 11.0 Å². The van der Waals surface area contributed by atoms with Gasteiger partial charge in [0.25, 0.3) is 0 Å². The molecule has 0 bridgehead atoms. The smallest absolute Gasteiger partial charge is 0.244 e. The molecule has 0 aromatic carbocycles. The Kier molecular flexibility index (Phi) is 5.13. The van der Waals surface area contributed by atoms with E-state index >= 15 is 0 Å². The number of likely N-dealkylation sites (tertiary alicyclic amines) is 1. The third kappa shape index (κ3) is 3.56. The summed E-state index contributed by atoms with van der Waals surface area (Å²) in [4.78, 5) is 6.87. The lowest BCUT2D eigenvalue weighted by molar-refractivity contribution is 0.170. The van der Waals surface area contributed by atoms with Crippen molar-refractivity contribution in [1.82, 2.24) is 24.0 Å². The van der Waals surface area contributed by atoms with Gasteiger partial charge in [0.05, 0.1) is 5.69 Å². The van der Waals surface area contributed by atoms with Crippen molar-refractivity contribution in [3.8, 4) is 0 Å². The van der Waals surface area contributed by atoms with Crippen LogP contribution in [-0.2, 0) is 17.1 Å². The molecule has 0 aliphatic carbocycles. The van der Waals surface area contributed by atoms with E-state index in [9.17, 15) is 8.42 Å². The summed E-state index contributed by atoms with van der Waals surface area (Å²) in [7, 11) is 2.05. The van der Waals surface area contributed by atoms with Crippen LogP contribution in [0.4, 0.5) is 0 Å². The molecule has 25 heavy (non-hydrogen) atoms. The number of aryl methyl sites for hydroxylation is 2. The zero-order valence-electron chi connectivity index (χ0n) is 15.4. The Morgan fingerprint density at radius 3 is 2.80 bits per heavy atom. The molecule has 2 aromatic rings. The monoisotopic (exact) mass is 365 g/mol. The van der Waals surface area contributed by atoms with E-state index in [1.165, 1.54) is 23.3 Å². The van der Waals surface area contributed by atoms with Crippen molar-refractivity contribution >= 4 is 21.1 Å². The number of hydrogen-bond acceptors (Lipinski definition) is 5. The Bertz CT molecular complexity index is 861. The highest BCUT2D eigenvalue weighted by atomic mass is 32.2. The number of piperidine rings is 1. The molecular formula is C17H27N5O2S. The maximum absolute atomic E-state index is 12.9. The van der Waals surface area contributed by atoms with Crippen LogP contribution in [0, 0.1) is 6.92 Å². The van der Waals surface area contributed by atoms with Crippen molar-refractivity contribution in [3.05, 3.63) is 18.0 Å². The van der Waals surface area contributed by atoms with E-state index in [0.717, 1.165) is 30.5 Å². The molecule has 3 rings (SSSR count). The third-order valence-electron chi connectivity index (χ3n) is 5.24. The molecule has 0 radical (unpaired) electrons. The first-order valence-corrected chi connectivity index (χ1v) is 10.2. The van der Waals surface area contributed by atoms with Gasteiger partial charge in [-0.2, -0.15) is 5.10 Å². The average molecular weight is 366 g/mol. The van der Waals surface area contributed by atoms with Gasteiger partial charge in [-0.15, -0.1) is 0 Å². The standard InChI is InChI=1S/C17H27N5O2S/c1-13-16-11-15(12-18-17(16)22(4)19-13)25(23,24)21(3)10-8-14-7-5-6-9-20(14)2/h11-12,14H,5-10H2,1-4H3/t14-/m0/s1. The second-order valence-electron chi connectivity index (χ2n) is 7.00. The first-order valence-electron chi connectivity index (χ1n) is 8.76. The number of rotatable bonds is 5. The summed E-state index contributed by atoms with van der Waals surface area (Å²) >= 11 is 0. The zero-order valence-corrected chi connectivity index (χ0v) is 16.3. The first kappa shape index (κ1) is 18.3. The lowest BCUT2D eigenvalue weighted by Gasteiger charge is -2.33. The van der Waals surface area contributed by atoms with E-state index < -0.39 is 10.0 Å². The van der Waals surface area contributed by atoms with Gasteiger partial charge >= 0.3 is 0 Å². The van der Waals surface area contributed by atoms with Crippen molar-refractivity contribution in [1.29, 1.82) is 0 Å². The Morgan fingerprint density at radius 1 is 1.32 bits per heavy atom. The molecule has 1 saturated heterocycles. The van der Waals surface area contributed by atoms with E-state index in [-0.39, 0.29) is 4.90 Å². The Labute approximate surface area is 149 Å². The summed E-state index contributed by atoms with van der Waals surface area (Å²) < 4.78 is 28.9. The highest BCUT2D eigenvalue weighted by molar-refractivity contribution is 7.89. The Hall–Kier alpha value is -1.51. The van der Waals surface area contributed by atoms with Gasteiger partial charge in [0.15, 0.2) is 5.65 Å². The fraction of sp³-hybridized carbons (Fsp3) is 0.647. The predicted octanol–water partition coefficient (Wildman–Crippen LogP) is 1.77. The van der Waals surface area contributed by atoms with E-state index in [1.807, 2.05) is 14.0 Å². The number of pyridine rings is 1. The predicted molar refractivity (Wildman–Crippen MR) is 97.9 cm³/mol. The van der Waals surface area contributed by atoms with Crippen molar-refractivity contribution in [2.24, 2.45) is 7.05 Å². The van der Waals surface area contributed by atoms with Crippen LogP contribution in [0.2, 0.25) is 0 Å². The molecule has 8 heteroatoms. The molecule has 0 unspecified atom stereocenters. The molecule has 3 heterocycles. The molecule has 0 spiro atoms. The minimum absolute atomic E-state index is 0.232. The topological polar surface area (TPSA) is 71.3 Å². The van der Waals surface area contributed by atoms with E-state index in [4.69, 9.17) is 0 Å². The van der Waals surface area contributed by atoms with Crippen molar-refractivity contribution in [2.75, 3.05) is 27.2 Å². The molecule has 1 atom stereocenters. The largest absolute Gasteiger partial charge is 0.303 e. The quantitative estimate of drug-likeness (QED) is 0.808. The van der Waals surface area contributed by atoms with Gasteiger partial charge < -0.3 is 4.90 Å². The molecule has 1 fully saturated rings. The lowest BCUT2D eigenvalue weighted by Crippen LogP contribution is -2.39. The molecule has 0 saturated carbocycles. The van der Waals surface area contributed by atoms with E-state index in [2.05, 4.69) is 22.0 Å². The maximum atomic E-state index is 12.9. The first-order chi connectivity index (χ1) is 11.8. The summed E-state index contributed by atoms with van der Waals surface area (Å²) in [5, 5.41) is 5.09. The molecule has 0 amide bonds. The number of aromatic nitrogens is 3. The van der Waals surface area contributed by atoms with Crippen LogP contribution in [0.15, 0.2) is 17.2 Å². The fourth-order valence-corrected chi connectivity index (χ4v) is 4.73. The number of hydrogen-bond donors (Lipinski definition) is 0. The maximum Gasteiger partial charge on any atom is 0.244 e. The van der Waals surface area contributed by atoms with Gasteiger partial charge in [0.2, 0.25) is 10.0 Å². The summed E-state index contributed by atoms with van der Waals surface area (Å²) in [6, 6.07) is 2.15. The zero-order chi connectivity index (χ0) is 18.2. The van der Waals surface area contributed by atoms with Crippen LogP contribution in [0.1, 0.15) is 31.4 Å². The number of sulfonamides is 1. The molecule has 138 valence electrons. The van der Waals surface area contributed by atoms with Gasteiger partial charge in [0.1, 0.15) is 4.90 Å². The molecule has 2 aromatic heterocycles. The summed E-state index contributed by atoms with van der Waals surface area (Å²) in [5.74, 6) is 0. The fourth-order valence-electron chi connectivity index (χ4n) is 3.57. The van der Waals surface area contributed by atoms with E-state index in [0.29, 0.717) is 18.2 Å². The van der Waals surface area contributed by atoms with Gasteiger partial charge in [-0.25, -0.2) is 17.7 Å². The summed E-state index contributed by atoms with van der Waals surface area (Å²) in [5.41, 5.74) is 1.48. The minimum atomic E-state index is -3.54. The van der Waals surface area contributed by atoms with Crippen LogP contribution in [-0.4, -0.2) is 65.6 Å². The third-order valence-corrected chi connectivity index (χ3v) is 7.07. The minimum Gasteiger partial charge on any atom is -0.303 e. The molecule has 1 aliphatic rings. The Balaban J connectivity index is 1.77. The highest BCUT2D eigenvalue weighted by Crippen LogP contribution is 2.23. The van der Waals surface area contributed by atoms with Crippen molar-refractivity contribution in [2.45, 2.75) is 43.5 Å². The molecule has 1 aliphatic heterocycles. The summed E-state index contributed by atoms with van der Waals surface area (Å²) in [6.45, 7) is 3.48.